The molecule has 1 unspecified atom stereocenters. The summed E-state index contributed by atoms with van der Waals surface area (Å²) in [5, 5.41) is 11.6. The van der Waals surface area contributed by atoms with Crippen LogP contribution in [0.2, 0.25) is 0 Å². The molecule has 0 aliphatic rings. The molecule has 1 amide bonds. The second kappa shape index (κ2) is 11.0. The van der Waals surface area contributed by atoms with Crippen molar-refractivity contribution in [3.8, 4) is 6.07 Å². The highest BCUT2D eigenvalue weighted by Crippen LogP contribution is 2.09. The van der Waals surface area contributed by atoms with E-state index < -0.39 is 5.92 Å². The van der Waals surface area contributed by atoms with Gasteiger partial charge in [0, 0.05) is 20.3 Å². The molecule has 0 bridgehead atoms. The van der Waals surface area contributed by atoms with Crippen LogP contribution in [0.5, 0.6) is 0 Å². The Labute approximate surface area is 109 Å². The van der Waals surface area contributed by atoms with E-state index in [0.29, 0.717) is 26.4 Å². The number of nitrogens with zero attached hydrogens (tertiary/aromatic N) is 1. The number of carbonyl (C=O) groups excluding carboxylic acids is 1. The van der Waals surface area contributed by atoms with Crippen LogP contribution in [0.25, 0.3) is 0 Å². The first kappa shape index (κ1) is 16.9. The smallest absolute Gasteiger partial charge is 0.237 e. The summed E-state index contributed by atoms with van der Waals surface area (Å²) in [5.74, 6) is -0.678. The van der Waals surface area contributed by atoms with Gasteiger partial charge in [0.1, 0.15) is 5.92 Å². The van der Waals surface area contributed by atoms with Crippen molar-refractivity contribution >= 4 is 5.91 Å². The Balaban J connectivity index is 3.49. The van der Waals surface area contributed by atoms with E-state index >= 15 is 0 Å². The molecule has 104 valence electrons. The van der Waals surface area contributed by atoms with Crippen molar-refractivity contribution in [1.82, 2.24) is 5.32 Å². The number of nitrogens with one attached hydrogen (secondary N) is 1. The van der Waals surface area contributed by atoms with Gasteiger partial charge < -0.3 is 14.8 Å². The second-order valence-corrected chi connectivity index (χ2v) is 4.45. The topological polar surface area (TPSA) is 71.3 Å². The van der Waals surface area contributed by atoms with Crippen molar-refractivity contribution in [3.63, 3.8) is 0 Å². The van der Waals surface area contributed by atoms with Crippen LogP contribution in [-0.2, 0) is 14.3 Å². The summed E-state index contributed by atoms with van der Waals surface area (Å²) < 4.78 is 10.1. The molecule has 0 fully saturated rings. The Morgan fingerprint density at radius 3 is 2.56 bits per heavy atom. The van der Waals surface area contributed by atoms with Gasteiger partial charge in [-0.3, -0.25) is 4.79 Å². The van der Waals surface area contributed by atoms with E-state index in [2.05, 4.69) is 5.32 Å². The van der Waals surface area contributed by atoms with Gasteiger partial charge in [0.05, 0.1) is 19.3 Å². The van der Waals surface area contributed by atoms with Crippen LogP contribution in [0.4, 0.5) is 0 Å². The molecule has 0 rings (SSSR count). The summed E-state index contributed by atoms with van der Waals surface area (Å²) in [4.78, 5) is 11.6. The Hall–Kier alpha value is -1.12. The fraction of sp³-hybridized carbons (Fsp3) is 0.846. The Kier molecular flexibility index (Phi) is 10.3. The molecule has 0 aromatic carbocycles. The third-order valence-electron chi connectivity index (χ3n) is 2.53. The predicted molar refractivity (Wildman–Crippen MR) is 68.9 cm³/mol. The monoisotopic (exact) mass is 256 g/mol. The number of methoxy groups -OCH3 is 1. The maximum Gasteiger partial charge on any atom is 0.237 e. The van der Waals surface area contributed by atoms with Gasteiger partial charge in [-0.05, 0) is 18.8 Å². The SMILES string of the molecule is COCCOCCCCNC(=O)C(C#N)C(C)C. The summed E-state index contributed by atoms with van der Waals surface area (Å²) in [6, 6.07) is 2.03. The normalized spacial score (nSPS) is 12.2. The molecule has 1 atom stereocenters. The van der Waals surface area contributed by atoms with Gasteiger partial charge in [-0.2, -0.15) is 5.26 Å². The minimum Gasteiger partial charge on any atom is -0.382 e. The molecule has 18 heavy (non-hydrogen) atoms. The maximum atomic E-state index is 11.6. The average Bonchev–Trinajstić information content (AvgIpc) is 2.33. The zero-order valence-electron chi connectivity index (χ0n) is 11.6. The maximum absolute atomic E-state index is 11.6. The van der Waals surface area contributed by atoms with E-state index in [-0.39, 0.29) is 11.8 Å². The summed E-state index contributed by atoms with van der Waals surface area (Å²) in [7, 11) is 1.64. The zero-order valence-corrected chi connectivity index (χ0v) is 11.6. The Bertz CT molecular complexity index is 261. The van der Waals surface area contributed by atoms with E-state index in [1.165, 1.54) is 0 Å². The van der Waals surface area contributed by atoms with Crippen LogP contribution >= 0.6 is 0 Å². The number of nitriles is 1. The molecule has 0 aromatic rings. The number of amides is 1. The summed E-state index contributed by atoms with van der Waals surface area (Å²) in [6.07, 6.45) is 1.75. The molecular formula is C13H24N2O3. The lowest BCUT2D eigenvalue weighted by Gasteiger charge is -2.12. The van der Waals surface area contributed by atoms with Gasteiger partial charge >= 0.3 is 0 Å². The molecule has 0 saturated heterocycles. The number of carbonyl (C=O) groups is 1. The lowest BCUT2D eigenvalue weighted by molar-refractivity contribution is -0.124. The summed E-state index contributed by atoms with van der Waals surface area (Å²) in [6.45, 7) is 6.22. The molecule has 0 spiro atoms. The van der Waals surface area contributed by atoms with E-state index in [0.717, 1.165) is 12.8 Å². The van der Waals surface area contributed by atoms with Crippen molar-refractivity contribution < 1.29 is 14.3 Å². The lowest BCUT2D eigenvalue weighted by atomic mass is 9.97. The van der Waals surface area contributed by atoms with E-state index in [1.807, 2.05) is 19.9 Å². The number of ether oxygens (including phenoxy) is 2. The Morgan fingerprint density at radius 1 is 1.28 bits per heavy atom. The highest BCUT2D eigenvalue weighted by atomic mass is 16.5. The van der Waals surface area contributed by atoms with Crippen LogP contribution in [0.15, 0.2) is 0 Å². The van der Waals surface area contributed by atoms with Gasteiger partial charge in [-0.1, -0.05) is 13.8 Å². The van der Waals surface area contributed by atoms with Gasteiger partial charge in [0.2, 0.25) is 5.91 Å². The van der Waals surface area contributed by atoms with Crippen LogP contribution in [0, 0.1) is 23.2 Å². The molecule has 0 aliphatic carbocycles. The fourth-order valence-electron chi connectivity index (χ4n) is 1.41. The lowest BCUT2D eigenvalue weighted by Crippen LogP contribution is -2.33. The number of hydrogen-bond donors (Lipinski definition) is 1. The third kappa shape index (κ3) is 8.04. The van der Waals surface area contributed by atoms with Gasteiger partial charge in [-0.25, -0.2) is 0 Å². The number of hydrogen-bond acceptors (Lipinski definition) is 4. The largest absolute Gasteiger partial charge is 0.382 e. The van der Waals surface area contributed by atoms with Crippen molar-refractivity contribution in [2.75, 3.05) is 33.5 Å². The first-order chi connectivity index (χ1) is 8.63. The van der Waals surface area contributed by atoms with E-state index in [4.69, 9.17) is 14.7 Å². The quantitative estimate of drug-likeness (QED) is 0.599. The minimum atomic E-state index is -0.553. The van der Waals surface area contributed by atoms with Crippen molar-refractivity contribution in [3.05, 3.63) is 0 Å². The van der Waals surface area contributed by atoms with Crippen LogP contribution < -0.4 is 5.32 Å². The number of unbranched alkanes of at least 4 members (excludes halogenated alkanes) is 1. The molecule has 5 nitrogen and oxygen atoms in total. The molecule has 0 radical (unpaired) electrons. The zero-order chi connectivity index (χ0) is 13.8. The van der Waals surface area contributed by atoms with Gasteiger partial charge in [-0.15, -0.1) is 0 Å². The fourth-order valence-corrected chi connectivity index (χ4v) is 1.41. The Morgan fingerprint density at radius 2 is 2.00 bits per heavy atom. The van der Waals surface area contributed by atoms with Gasteiger partial charge in [0.15, 0.2) is 0 Å². The van der Waals surface area contributed by atoms with Crippen molar-refractivity contribution in [2.24, 2.45) is 11.8 Å². The highest BCUT2D eigenvalue weighted by Gasteiger charge is 2.20. The van der Waals surface area contributed by atoms with Crippen molar-refractivity contribution in [1.29, 1.82) is 5.26 Å². The molecule has 0 heterocycles. The highest BCUT2D eigenvalue weighted by molar-refractivity contribution is 5.81. The summed E-state index contributed by atoms with van der Waals surface area (Å²) in [5.41, 5.74) is 0. The molecular weight excluding hydrogens is 232 g/mol. The molecule has 1 N–H and O–H groups in total. The van der Waals surface area contributed by atoms with Crippen LogP contribution in [0.1, 0.15) is 26.7 Å². The predicted octanol–water partition coefficient (Wildman–Crippen LogP) is 1.34. The van der Waals surface area contributed by atoms with Gasteiger partial charge in [0.25, 0.3) is 0 Å². The second-order valence-electron chi connectivity index (χ2n) is 4.45. The minimum absolute atomic E-state index is 0.0485. The van der Waals surface area contributed by atoms with Crippen LogP contribution in [0.3, 0.4) is 0 Å². The summed E-state index contributed by atoms with van der Waals surface area (Å²) >= 11 is 0. The first-order valence-electron chi connectivity index (χ1n) is 6.37. The van der Waals surface area contributed by atoms with Crippen molar-refractivity contribution in [2.45, 2.75) is 26.7 Å². The molecule has 0 saturated carbocycles. The average molecular weight is 256 g/mol. The molecule has 5 heteroatoms. The van der Waals surface area contributed by atoms with E-state index in [1.54, 1.807) is 7.11 Å². The molecule has 0 aliphatic heterocycles. The van der Waals surface area contributed by atoms with Crippen LogP contribution in [-0.4, -0.2) is 39.4 Å². The molecule has 0 aromatic heterocycles. The third-order valence-corrected chi connectivity index (χ3v) is 2.53. The number of rotatable bonds is 10. The van der Waals surface area contributed by atoms with E-state index in [9.17, 15) is 4.79 Å². The standard InChI is InChI=1S/C13H24N2O3/c1-11(2)12(10-14)13(16)15-6-4-5-7-18-9-8-17-3/h11-12H,4-9H2,1-3H3,(H,15,16). The first-order valence-corrected chi connectivity index (χ1v) is 6.37.